The van der Waals surface area contributed by atoms with Gasteiger partial charge in [0.15, 0.2) is 0 Å². The van der Waals surface area contributed by atoms with Gasteiger partial charge in [0.25, 0.3) is 0 Å². The number of nitrogens with one attached hydrogen (secondary N) is 1. The van der Waals surface area contributed by atoms with Crippen LogP contribution in [0.5, 0.6) is 0 Å². The third-order valence-corrected chi connectivity index (χ3v) is 2.18. The van der Waals surface area contributed by atoms with E-state index >= 15 is 0 Å². The van der Waals surface area contributed by atoms with Gasteiger partial charge in [0, 0.05) is 31.9 Å². The molecule has 1 aromatic rings. The molecule has 0 aliphatic rings. The Kier molecular flexibility index (Phi) is 3.93. The number of carboxylic acid groups (broad SMARTS) is 2. The number of hydrogen-bond acceptors (Lipinski definition) is 5. The summed E-state index contributed by atoms with van der Waals surface area (Å²) in [6.45, 7) is 1.04. The summed E-state index contributed by atoms with van der Waals surface area (Å²) < 4.78 is 0. The predicted octanol–water partition coefficient (Wildman–Crippen LogP) is -0.937. The molecule has 0 radical (unpaired) electrons. The van der Waals surface area contributed by atoms with Gasteiger partial charge in [-0.3, -0.25) is 14.8 Å². The number of carbonyl (C=O) groups is 3. The second-order valence-electron chi connectivity index (χ2n) is 3.57. The number of hydrogen-bond donors (Lipinski definition) is 3. The van der Waals surface area contributed by atoms with Crippen molar-refractivity contribution in [3.05, 3.63) is 24.3 Å². The van der Waals surface area contributed by atoms with Crippen molar-refractivity contribution < 1.29 is 24.6 Å². The molecule has 1 rings (SSSR count). The quantitative estimate of drug-likeness (QED) is 0.577. The third-order valence-electron chi connectivity index (χ3n) is 2.18. The first-order chi connectivity index (χ1) is 8.38. The van der Waals surface area contributed by atoms with Gasteiger partial charge >= 0.3 is 11.9 Å². The molecular weight excluding hydrogens is 242 g/mol. The highest BCUT2D eigenvalue weighted by Crippen LogP contribution is 2.13. The Morgan fingerprint density at radius 2 is 1.89 bits per heavy atom. The first-order valence-corrected chi connectivity index (χ1v) is 4.89. The zero-order valence-corrected chi connectivity index (χ0v) is 9.45. The summed E-state index contributed by atoms with van der Waals surface area (Å²) in [5.74, 6) is -4.10. The van der Waals surface area contributed by atoms with Crippen LogP contribution in [-0.4, -0.2) is 43.6 Å². The van der Waals surface area contributed by atoms with Crippen molar-refractivity contribution in [3.8, 4) is 0 Å². The molecule has 0 bridgehead atoms. The van der Waals surface area contributed by atoms with Crippen molar-refractivity contribution in [2.45, 2.75) is 18.9 Å². The fourth-order valence-corrected chi connectivity index (χ4v) is 1.39. The highest BCUT2D eigenvalue weighted by molar-refractivity contribution is 6.06. The van der Waals surface area contributed by atoms with E-state index in [0.29, 0.717) is 0 Å². The Balaban J connectivity index is 3.14. The molecule has 0 fully saturated rings. The van der Waals surface area contributed by atoms with Gasteiger partial charge in [-0.05, 0) is 0 Å². The molecule has 1 heterocycles. The maximum atomic E-state index is 11.2. The molecule has 0 spiro atoms. The number of rotatable bonds is 5. The third kappa shape index (κ3) is 2.78. The van der Waals surface area contributed by atoms with Crippen molar-refractivity contribution in [1.82, 2.24) is 15.3 Å². The molecule has 3 N–H and O–H groups in total. The van der Waals surface area contributed by atoms with Crippen molar-refractivity contribution >= 4 is 17.8 Å². The minimum atomic E-state index is -2.44. The van der Waals surface area contributed by atoms with Gasteiger partial charge in [-0.15, -0.1) is 0 Å². The first kappa shape index (κ1) is 13.6. The maximum absolute atomic E-state index is 11.2. The summed E-state index contributed by atoms with van der Waals surface area (Å²) in [6, 6.07) is 0. The maximum Gasteiger partial charge on any atom is 0.341 e. The lowest BCUT2D eigenvalue weighted by atomic mass is 9.93. The number of aliphatic carboxylic acids is 2. The normalized spacial score (nSPS) is 10.7. The molecule has 0 atom stereocenters. The molecule has 1 amide bonds. The van der Waals surface area contributed by atoms with Crippen LogP contribution in [-0.2, 0) is 20.8 Å². The van der Waals surface area contributed by atoms with E-state index in [0.717, 1.165) is 6.92 Å². The highest BCUT2D eigenvalue weighted by atomic mass is 16.4. The van der Waals surface area contributed by atoms with Crippen LogP contribution in [0.1, 0.15) is 12.6 Å². The lowest BCUT2D eigenvalue weighted by Crippen LogP contribution is -2.61. The lowest BCUT2D eigenvalue weighted by molar-refractivity contribution is -0.161. The van der Waals surface area contributed by atoms with E-state index in [9.17, 15) is 14.4 Å². The summed E-state index contributed by atoms with van der Waals surface area (Å²) in [7, 11) is 0. The predicted molar refractivity (Wildman–Crippen MR) is 57.6 cm³/mol. The zero-order valence-electron chi connectivity index (χ0n) is 9.45. The van der Waals surface area contributed by atoms with Gasteiger partial charge in [-0.1, -0.05) is 0 Å². The number of carbonyl (C=O) groups excluding carboxylic acids is 1. The van der Waals surface area contributed by atoms with Crippen LogP contribution in [0.15, 0.2) is 18.6 Å². The van der Waals surface area contributed by atoms with Gasteiger partial charge in [0.1, 0.15) is 0 Å². The van der Waals surface area contributed by atoms with Crippen LogP contribution in [0.2, 0.25) is 0 Å². The van der Waals surface area contributed by atoms with Gasteiger partial charge in [0.05, 0.1) is 5.69 Å². The van der Waals surface area contributed by atoms with Crippen LogP contribution in [0.3, 0.4) is 0 Å². The van der Waals surface area contributed by atoms with Crippen LogP contribution in [0, 0.1) is 0 Å². The van der Waals surface area contributed by atoms with Crippen LogP contribution in [0.4, 0.5) is 0 Å². The fraction of sp³-hybridized carbons (Fsp3) is 0.300. The van der Waals surface area contributed by atoms with Gasteiger partial charge in [0.2, 0.25) is 11.4 Å². The Hall–Kier alpha value is -2.51. The monoisotopic (exact) mass is 253 g/mol. The van der Waals surface area contributed by atoms with Crippen LogP contribution in [0.25, 0.3) is 0 Å². The van der Waals surface area contributed by atoms with Gasteiger partial charge in [-0.2, -0.15) is 0 Å². The van der Waals surface area contributed by atoms with Crippen LogP contribution >= 0.6 is 0 Å². The summed E-state index contributed by atoms with van der Waals surface area (Å²) >= 11 is 0. The minimum absolute atomic E-state index is 0.149. The average Bonchev–Trinajstić information content (AvgIpc) is 2.28. The molecule has 0 aliphatic heterocycles. The van der Waals surface area contributed by atoms with E-state index in [1.807, 2.05) is 5.32 Å². The van der Waals surface area contributed by atoms with E-state index in [-0.39, 0.29) is 5.69 Å². The molecule has 8 nitrogen and oxygen atoms in total. The molecule has 1 aromatic heterocycles. The number of amides is 1. The second-order valence-corrected chi connectivity index (χ2v) is 3.57. The van der Waals surface area contributed by atoms with Crippen molar-refractivity contribution in [3.63, 3.8) is 0 Å². The molecule has 0 aliphatic carbocycles. The molecule has 0 aromatic carbocycles. The van der Waals surface area contributed by atoms with Crippen molar-refractivity contribution in [1.29, 1.82) is 0 Å². The van der Waals surface area contributed by atoms with Crippen molar-refractivity contribution in [2.75, 3.05) is 0 Å². The van der Waals surface area contributed by atoms with Gasteiger partial charge in [-0.25, -0.2) is 9.59 Å². The Morgan fingerprint density at radius 1 is 1.28 bits per heavy atom. The summed E-state index contributed by atoms with van der Waals surface area (Å²) in [5.41, 5.74) is -2.29. The molecule has 18 heavy (non-hydrogen) atoms. The summed E-state index contributed by atoms with van der Waals surface area (Å²) in [4.78, 5) is 40.8. The number of carboxylic acids is 2. The van der Waals surface area contributed by atoms with E-state index in [1.54, 1.807) is 0 Å². The molecule has 0 unspecified atom stereocenters. The second kappa shape index (κ2) is 5.21. The fourth-order valence-electron chi connectivity index (χ4n) is 1.39. The van der Waals surface area contributed by atoms with Gasteiger partial charge < -0.3 is 15.5 Å². The van der Waals surface area contributed by atoms with Crippen LogP contribution < -0.4 is 5.32 Å². The standard InChI is InChI=1S/C10H11N3O5/c1-6(14)13-10(8(15)16,9(17)18)4-7-5-11-2-3-12-7/h2-3,5H,4H2,1H3,(H,13,14)(H,15,16)(H,17,18). The minimum Gasteiger partial charge on any atom is -0.479 e. The Bertz CT molecular complexity index is 460. The SMILES string of the molecule is CC(=O)NC(Cc1cnccn1)(C(=O)O)C(=O)O. The van der Waals surface area contributed by atoms with E-state index < -0.39 is 29.8 Å². The highest BCUT2D eigenvalue weighted by Gasteiger charge is 2.48. The Labute approximate surface area is 102 Å². The summed E-state index contributed by atoms with van der Waals surface area (Å²) in [6.07, 6.45) is 3.41. The first-order valence-electron chi connectivity index (χ1n) is 4.89. The molecule has 96 valence electrons. The molecule has 0 saturated carbocycles. The van der Waals surface area contributed by atoms with E-state index in [1.165, 1.54) is 18.6 Å². The molecule has 8 heteroatoms. The van der Waals surface area contributed by atoms with E-state index in [2.05, 4.69) is 9.97 Å². The smallest absolute Gasteiger partial charge is 0.341 e. The zero-order chi connectivity index (χ0) is 13.8. The topological polar surface area (TPSA) is 129 Å². The summed E-state index contributed by atoms with van der Waals surface area (Å²) in [5, 5.41) is 20.1. The largest absolute Gasteiger partial charge is 0.479 e. The molecule has 0 saturated heterocycles. The van der Waals surface area contributed by atoms with E-state index in [4.69, 9.17) is 10.2 Å². The number of aromatic nitrogens is 2. The number of nitrogens with zero attached hydrogens (tertiary/aromatic N) is 2. The average molecular weight is 253 g/mol. The Morgan fingerprint density at radius 3 is 2.28 bits per heavy atom. The lowest BCUT2D eigenvalue weighted by Gasteiger charge is -2.24. The van der Waals surface area contributed by atoms with Crippen molar-refractivity contribution in [2.24, 2.45) is 0 Å². The molecular formula is C10H11N3O5.